The molecule has 0 aromatic heterocycles. The third-order valence-electron chi connectivity index (χ3n) is 3.02. The standard InChI is InChI=1S/C16H13F2NO4/c1-9-4-2-5-10(15(9)21)16(22)23-8-13(20)19-14-11(17)6-3-7-12(14)18/h2-7,21H,8H2,1H3,(H,19,20). The molecule has 1 amide bonds. The van der Waals surface area contributed by atoms with Crippen LogP contribution in [0.15, 0.2) is 36.4 Å². The molecular weight excluding hydrogens is 308 g/mol. The lowest BCUT2D eigenvalue weighted by atomic mass is 10.1. The molecule has 0 spiro atoms. The molecule has 0 saturated carbocycles. The molecule has 2 rings (SSSR count). The van der Waals surface area contributed by atoms with Crippen molar-refractivity contribution < 1.29 is 28.2 Å². The normalized spacial score (nSPS) is 10.2. The highest BCUT2D eigenvalue weighted by atomic mass is 19.1. The fraction of sp³-hybridized carbons (Fsp3) is 0.125. The first-order chi connectivity index (χ1) is 10.9. The van der Waals surface area contributed by atoms with Crippen LogP contribution in [0, 0.1) is 18.6 Å². The first-order valence-electron chi connectivity index (χ1n) is 6.59. The molecule has 0 aliphatic heterocycles. The van der Waals surface area contributed by atoms with Crippen molar-refractivity contribution in [3.63, 3.8) is 0 Å². The third-order valence-corrected chi connectivity index (χ3v) is 3.02. The molecule has 120 valence electrons. The maximum absolute atomic E-state index is 13.4. The van der Waals surface area contributed by atoms with Gasteiger partial charge in [0.05, 0.1) is 0 Å². The van der Waals surface area contributed by atoms with Gasteiger partial charge in [-0.05, 0) is 30.7 Å². The van der Waals surface area contributed by atoms with Gasteiger partial charge in [-0.2, -0.15) is 0 Å². The van der Waals surface area contributed by atoms with Gasteiger partial charge in [-0.1, -0.05) is 18.2 Å². The second kappa shape index (κ2) is 6.87. The van der Waals surface area contributed by atoms with E-state index in [4.69, 9.17) is 4.74 Å². The van der Waals surface area contributed by atoms with E-state index < -0.39 is 35.8 Å². The molecule has 0 fully saturated rings. The van der Waals surface area contributed by atoms with E-state index in [1.54, 1.807) is 19.1 Å². The summed E-state index contributed by atoms with van der Waals surface area (Å²) in [5.41, 5.74) is -0.251. The van der Waals surface area contributed by atoms with Crippen LogP contribution in [0.1, 0.15) is 15.9 Å². The van der Waals surface area contributed by atoms with Crippen molar-refractivity contribution >= 4 is 17.6 Å². The van der Waals surface area contributed by atoms with Crippen LogP contribution in [0.2, 0.25) is 0 Å². The Bertz CT molecular complexity index is 741. The number of benzene rings is 2. The number of nitrogens with one attached hydrogen (secondary N) is 1. The summed E-state index contributed by atoms with van der Waals surface area (Å²) in [5, 5.41) is 11.7. The fourth-order valence-corrected chi connectivity index (χ4v) is 1.83. The van der Waals surface area contributed by atoms with Crippen molar-refractivity contribution in [2.45, 2.75) is 6.92 Å². The highest BCUT2D eigenvalue weighted by Crippen LogP contribution is 2.22. The van der Waals surface area contributed by atoms with E-state index in [0.717, 1.165) is 18.2 Å². The minimum absolute atomic E-state index is 0.102. The number of phenolic OH excluding ortho intramolecular Hbond substituents is 1. The fourth-order valence-electron chi connectivity index (χ4n) is 1.83. The van der Waals surface area contributed by atoms with Gasteiger partial charge in [0.25, 0.3) is 5.91 Å². The van der Waals surface area contributed by atoms with E-state index in [2.05, 4.69) is 0 Å². The van der Waals surface area contributed by atoms with E-state index in [1.165, 1.54) is 6.07 Å². The van der Waals surface area contributed by atoms with Gasteiger partial charge in [-0.15, -0.1) is 0 Å². The minimum Gasteiger partial charge on any atom is -0.507 e. The number of amides is 1. The van der Waals surface area contributed by atoms with Gasteiger partial charge in [-0.25, -0.2) is 13.6 Å². The van der Waals surface area contributed by atoms with Crippen molar-refractivity contribution in [2.24, 2.45) is 0 Å². The van der Waals surface area contributed by atoms with E-state index >= 15 is 0 Å². The van der Waals surface area contributed by atoms with Crippen LogP contribution in [0.4, 0.5) is 14.5 Å². The number of hydrogen-bond donors (Lipinski definition) is 2. The lowest BCUT2D eigenvalue weighted by Gasteiger charge is -2.09. The van der Waals surface area contributed by atoms with Gasteiger partial charge in [0, 0.05) is 0 Å². The summed E-state index contributed by atoms with van der Waals surface area (Å²) in [5.74, 6) is -3.97. The Morgan fingerprint density at radius 3 is 2.39 bits per heavy atom. The Hall–Kier alpha value is -2.96. The number of esters is 1. The summed E-state index contributed by atoms with van der Waals surface area (Å²) in [4.78, 5) is 23.4. The zero-order chi connectivity index (χ0) is 17.0. The molecule has 5 nitrogen and oxygen atoms in total. The molecule has 0 aliphatic carbocycles. The largest absolute Gasteiger partial charge is 0.507 e. The lowest BCUT2D eigenvalue weighted by molar-refractivity contribution is -0.119. The SMILES string of the molecule is Cc1cccc(C(=O)OCC(=O)Nc2c(F)cccc2F)c1O. The van der Waals surface area contributed by atoms with Crippen molar-refractivity contribution in [1.82, 2.24) is 0 Å². The summed E-state index contributed by atoms with van der Waals surface area (Å²) in [6.45, 7) is 0.847. The predicted octanol–water partition coefficient (Wildman–Crippen LogP) is 2.77. The highest BCUT2D eigenvalue weighted by molar-refractivity contribution is 5.97. The van der Waals surface area contributed by atoms with Gasteiger partial charge >= 0.3 is 5.97 Å². The summed E-state index contributed by atoms with van der Waals surface area (Å²) < 4.78 is 31.5. The Morgan fingerprint density at radius 1 is 1.13 bits per heavy atom. The van der Waals surface area contributed by atoms with Crippen molar-refractivity contribution in [3.8, 4) is 5.75 Å². The van der Waals surface area contributed by atoms with Crippen LogP contribution in [0.5, 0.6) is 5.75 Å². The maximum atomic E-state index is 13.4. The van der Waals surface area contributed by atoms with E-state index in [-0.39, 0.29) is 11.3 Å². The van der Waals surface area contributed by atoms with Crippen LogP contribution >= 0.6 is 0 Å². The predicted molar refractivity (Wildman–Crippen MR) is 78.1 cm³/mol. The molecule has 2 N–H and O–H groups in total. The van der Waals surface area contributed by atoms with E-state index in [9.17, 15) is 23.5 Å². The number of carbonyl (C=O) groups is 2. The molecule has 0 saturated heterocycles. The lowest BCUT2D eigenvalue weighted by Crippen LogP contribution is -2.22. The molecule has 2 aromatic rings. The maximum Gasteiger partial charge on any atom is 0.342 e. The molecule has 7 heteroatoms. The van der Waals surface area contributed by atoms with Crippen LogP contribution in [-0.2, 0) is 9.53 Å². The monoisotopic (exact) mass is 321 g/mol. The summed E-state index contributed by atoms with van der Waals surface area (Å²) in [6.07, 6.45) is 0. The molecule has 0 heterocycles. The van der Waals surface area contributed by atoms with Crippen molar-refractivity contribution in [2.75, 3.05) is 11.9 Å². The summed E-state index contributed by atoms with van der Waals surface area (Å²) in [6, 6.07) is 7.59. The molecule has 0 atom stereocenters. The molecule has 2 aromatic carbocycles. The number of aryl methyl sites for hydroxylation is 1. The zero-order valence-electron chi connectivity index (χ0n) is 12.1. The van der Waals surface area contributed by atoms with Gasteiger partial charge in [-0.3, -0.25) is 4.79 Å². The molecular formula is C16H13F2NO4. The van der Waals surface area contributed by atoms with Crippen LogP contribution in [0.3, 0.4) is 0 Å². The topological polar surface area (TPSA) is 75.6 Å². The van der Waals surface area contributed by atoms with E-state index in [1.807, 2.05) is 5.32 Å². The number of para-hydroxylation sites is 2. The van der Waals surface area contributed by atoms with Crippen LogP contribution < -0.4 is 5.32 Å². The number of carbonyl (C=O) groups excluding carboxylic acids is 2. The van der Waals surface area contributed by atoms with Gasteiger partial charge in [0.2, 0.25) is 0 Å². The van der Waals surface area contributed by atoms with Gasteiger partial charge in [0.1, 0.15) is 28.6 Å². The van der Waals surface area contributed by atoms with Crippen molar-refractivity contribution in [3.05, 3.63) is 59.2 Å². The average Bonchev–Trinajstić information content (AvgIpc) is 2.51. The summed E-state index contributed by atoms with van der Waals surface area (Å²) >= 11 is 0. The first-order valence-corrected chi connectivity index (χ1v) is 6.59. The molecule has 0 unspecified atom stereocenters. The number of phenols is 1. The zero-order valence-corrected chi connectivity index (χ0v) is 12.1. The molecule has 0 aliphatic rings. The van der Waals surface area contributed by atoms with Crippen molar-refractivity contribution in [1.29, 1.82) is 0 Å². The number of hydrogen-bond acceptors (Lipinski definition) is 4. The second-order valence-electron chi connectivity index (χ2n) is 4.69. The Morgan fingerprint density at radius 2 is 1.74 bits per heavy atom. The Balaban J connectivity index is 1.99. The molecule has 23 heavy (non-hydrogen) atoms. The average molecular weight is 321 g/mol. The highest BCUT2D eigenvalue weighted by Gasteiger charge is 2.17. The van der Waals surface area contributed by atoms with E-state index in [0.29, 0.717) is 5.56 Å². The van der Waals surface area contributed by atoms with Crippen LogP contribution in [-0.4, -0.2) is 23.6 Å². The Labute approximate surface area is 130 Å². The molecule has 0 bridgehead atoms. The number of aromatic hydroxyl groups is 1. The first kappa shape index (κ1) is 16.4. The third kappa shape index (κ3) is 3.82. The quantitative estimate of drug-likeness (QED) is 0.849. The van der Waals surface area contributed by atoms with Crippen LogP contribution in [0.25, 0.3) is 0 Å². The molecule has 0 radical (unpaired) electrons. The Kier molecular flexibility index (Phi) is 4.90. The number of anilines is 1. The second-order valence-corrected chi connectivity index (χ2v) is 4.69. The van der Waals surface area contributed by atoms with Gasteiger partial charge < -0.3 is 15.2 Å². The summed E-state index contributed by atoms with van der Waals surface area (Å²) in [7, 11) is 0. The number of halogens is 2. The van der Waals surface area contributed by atoms with Gasteiger partial charge in [0.15, 0.2) is 6.61 Å². The number of rotatable bonds is 4. The number of ether oxygens (including phenoxy) is 1. The smallest absolute Gasteiger partial charge is 0.342 e. The minimum atomic E-state index is -0.944.